The van der Waals surface area contributed by atoms with Crippen LogP contribution in [0.4, 0.5) is 0 Å². The van der Waals surface area contributed by atoms with Crippen LogP contribution in [-0.4, -0.2) is 23.0 Å². The van der Waals surface area contributed by atoms with Gasteiger partial charge in [-0.05, 0) is 44.3 Å². The second-order valence-electron chi connectivity index (χ2n) is 12.4. The molecule has 0 saturated heterocycles. The van der Waals surface area contributed by atoms with Crippen molar-refractivity contribution in [2.75, 3.05) is 0 Å². The standard InChI is InChI=1S/C30H29N2SSi.C11H8N.Ir/c1-20(2)24-18-26(31-19-28(24)34(3,4)5)23-16-25(21-12-8-6-9-13-21)29-27(17-23)32-30(33-29)22-14-10-7-11-15-22;1-2-6-10(7-3-1)11-8-4-5-9-12-11;/h6-16,18-20H,1-5H3;1-6,8-9H;/q2*-1;/i20D;;. The number of fused-ring (bicyclic) bond motifs is 1. The van der Waals surface area contributed by atoms with Crippen molar-refractivity contribution in [2.24, 2.45) is 0 Å². The van der Waals surface area contributed by atoms with Crippen LogP contribution >= 0.6 is 11.3 Å². The molecule has 0 spiro atoms. The van der Waals surface area contributed by atoms with E-state index in [1.54, 1.807) is 17.5 Å². The van der Waals surface area contributed by atoms with Gasteiger partial charge >= 0.3 is 0 Å². The predicted octanol–water partition coefficient (Wildman–Crippen LogP) is 10.7. The number of rotatable bonds is 6. The molecule has 7 aromatic rings. The smallest absolute Gasteiger partial charge is 0.113 e. The van der Waals surface area contributed by atoms with E-state index in [4.69, 9.17) is 11.3 Å². The van der Waals surface area contributed by atoms with Gasteiger partial charge in [-0.3, -0.25) is 4.98 Å². The second-order valence-corrected chi connectivity index (χ2v) is 18.4. The van der Waals surface area contributed by atoms with E-state index < -0.39 is 14.0 Å². The van der Waals surface area contributed by atoms with E-state index in [2.05, 4.69) is 85.3 Å². The molecule has 0 amide bonds. The average molecular weight is 825 g/mol. The van der Waals surface area contributed by atoms with E-state index in [0.717, 1.165) is 60.0 Å². The maximum Gasteiger partial charge on any atom is 0.113 e. The largest absolute Gasteiger partial charge is 0.305 e. The van der Waals surface area contributed by atoms with Crippen molar-refractivity contribution in [3.05, 3.63) is 145 Å². The summed E-state index contributed by atoms with van der Waals surface area (Å²) in [7, 11) is -1.66. The van der Waals surface area contributed by atoms with Crippen LogP contribution in [0.3, 0.4) is 0 Å². The first-order valence-electron chi connectivity index (χ1n) is 15.9. The Morgan fingerprint density at radius 1 is 0.745 bits per heavy atom. The minimum absolute atomic E-state index is 0. The average Bonchev–Trinajstić information content (AvgIpc) is 3.53. The Hall–Kier alpha value is -4.06. The summed E-state index contributed by atoms with van der Waals surface area (Å²) in [5, 5.41) is 2.23. The summed E-state index contributed by atoms with van der Waals surface area (Å²) in [5.41, 5.74) is 9.07. The topological polar surface area (TPSA) is 38.7 Å². The van der Waals surface area contributed by atoms with E-state index in [1.807, 2.05) is 86.8 Å². The molecule has 0 aliphatic carbocycles. The Bertz CT molecular complexity index is 2050. The van der Waals surface area contributed by atoms with E-state index in [9.17, 15) is 0 Å². The molecule has 6 heteroatoms. The van der Waals surface area contributed by atoms with Gasteiger partial charge in [-0.15, -0.1) is 53.6 Å². The third kappa shape index (κ3) is 8.09. The molecule has 3 heterocycles. The molecule has 0 unspecified atom stereocenters. The number of nitrogens with zero attached hydrogens (tertiary/aromatic N) is 3. The SMILES string of the molecule is [2H]C(C)(C)c1cc(-c2[c-]c3nc(-c4ccccc4)sc3c(-c3ccccc3)c2)ncc1[Si](C)(C)C.[Ir].[c-]1ccccc1-c1ccccn1. The fourth-order valence-electron chi connectivity index (χ4n) is 5.32. The first kappa shape index (κ1) is 32.9. The number of benzene rings is 4. The van der Waals surface area contributed by atoms with Crippen LogP contribution in [0.15, 0.2) is 128 Å². The van der Waals surface area contributed by atoms with E-state index in [-0.39, 0.29) is 20.1 Å². The Labute approximate surface area is 298 Å². The van der Waals surface area contributed by atoms with Crippen molar-refractivity contribution in [3.63, 3.8) is 0 Å². The van der Waals surface area contributed by atoms with Crippen LogP contribution in [0.1, 0.15) is 26.7 Å². The molecule has 0 fully saturated rings. The van der Waals surface area contributed by atoms with Gasteiger partial charge in [0.05, 0.1) is 8.07 Å². The molecule has 7 rings (SSSR count). The zero-order chi connectivity index (χ0) is 33.0. The summed E-state index contributed by atoms with van der Waals surface area (Å²) in [6, 6.07) is 45.4. The quantitative estimate of drug-likeness (QED) is 0.124. The van der Waals surface area contributed by atoms with Crippen molar-refractivity contribution in [1.29, 1.82) is 0 Å². The van der Waals surface area contributed by atoms with Crippen LogP contribution in [0, 0.1) is 12.1 Å². The van der Waals surface area contributed by atoms with Gasteiger partial charge in [-0.1, -0.05) is 123 Å². The first-order chi connectivity index (χ1) is 22.6. The molecule has 4 aromatic carbocycles. The molecule has 0 saturated carbocycles. The molecule has 3 aromatic heterocycles. The van der Waals surface area contributed by atoms with Gasteiger partial charge in [0.1, 0.15) is 5.01 Å². The third-order valence-corrected chi connectivity index (χ3v) is 10.8. The van der Waals surface area contributed by atoms with Gasteiger partial charge in [0.25, 0.3) is 0 Å². The third-order valence-electron chi connectivity index (χ3n) is 7.70. The second kappa shape index (κ2) is 15.2. The predicted molar refractivity (Wildman–Crippen MR) is 198 cm³/mol. The summed E-state index contributed by atoms with van der Waals surface area (Å²) in [6.07, 6.45) is 3.79. The Balaban J connectivity index is 0.000000291. The van der Waals surface area contributed by atoms with Crippen molar-refractivity contribution in [3.8, 4) is 44.2 Å². The maximum atomic E-state index is 8.83. The number of hydrogen-bond donors (Lipinski definition) is 0. The van der Waals surface area contributed by atoms with Crippen molar-refractivity contribution in [2.45, 2.75) is 39.4 Å². The molecule has 0 aliphatic heterocycles. The molecular weight excluding hydrogens is 787 g/mol. The van der Waals surface area contributed by atoms with E-state index in [1.165, 1.54) is 5.19 Å². The molecular formula is C41H37IrN3SSi-2. The first-order valence-corrected chi connectivity index (χ1v) is 19.8. The van der Waals surface area contributed by atoms with E-state index in [0.29, 0.717) is 0 Å². The fourth-order valence-corrected chi connectivity index (χ4v) is 7.97. The number of aromatic nitrogens is 3. The molecule has 0 aliphatic rings. The van der Waals surface area contributed by atoms with Gasteiger partial charge in [0.15, 0.2) is 0 Å². The van der Waals surface area contributed by atoms with Gasteiger partial charge in [0.2, 0.25) is 0 Å². The number of pyridine rings is 2. The molecule has 3 nitrogen and oxygen atoms in total. The van der Waals surface area contributed by atoms with Crippen LogP contribution in [0.5, 0.6) is 0 Å². The van der Waals surface area contributed by atoms with E-state index >= 15 is 0 Å². The normalized spacial score (nSPS) is 11.6. The van der Waals surface area contributed by atoms with Crippen LogP contribution < -0.4 is 5.19 Å². The molecule has 1 radical (unpaired) electrons. The van der Waals surface area contributed by atoms with Gasteiger partial charge in [0, 0.05) is 39.4 Å². The monoisotopic (exact) mass is 825 g/mol. The molecule has 47 heavy (non-hydrogen) atoms. The fraction of sp³-hybridized carbons (Fsp3) is 0.146. The molecule has 237 valence electrons. The Morgan fingerprint density at radius 3 is 2.04 bits per heavy atom. The summed E-state index contributed by atoms with van der Waals surface area (Å²) in [4.78, 5) is 14.1. The van der Waals surface area contributed by atoms with Gasteiger partial charge in [-0.25, -0.2) is 0 Å². The number of hydrogen-bond acceptors (Lipinski definition) is 4. The summed E-state index contributed by atoms with van der Waals surface area (Å²) in [5.74, 6) is -0.708. The van der Waals surface area contributed by atoms with Crippen molar-refractivity contribution >= 4 is 34.8 Å². The van der Waals surface area contributed by atoms with Gasteiger partial charge < -0.3 is 9.97 Å². The van der Waals surface area contributed by atoms with Crippen LogP contribution in [0.2, 0.25) is 19.6 Å². The molecule has 0 atom stereocenters. The minimum Gasteiger partial charge on any atom is -0.305 e. The van der Waals surface area contributed by atoms with Crippen LogP contribution in [-0.2, 0) is 20.1 Å². The Kier molecular flexibility index (Phi) is 10.6. The maximum absolute atomic E-state index is 8.83. The molecule has 0 N–H and O–H groups in total. The summed E-state index contributed by atoms with van der Waals surface area (Å²) >= 11 is 1.70. The van der Waals surface area contributed by atoms with Crippen molar-refractivity contribution in [1.82, 2.24) is 15.0 Å². The van der Waals surface area contributed by atoms with Gasteiger partial charge in [-0.2, -0.15) is 11.3 Å². The minimum atomic E-state index is -1.66. The number of thiazole rings is 1. The van der Waals surface area contributed by atoms with Crippen molar-refractivity contribution < 1.29 is 21.5 Å². The zero-order valence-corrected chi connectivity index (χ0v) is 31.4. The Morgan fingerprint density at radius 2 is 1.43 bits per heavy atom. The molecule has 0 bridgehead atoms. The van der Waals surface area contributed by atoms with Crippen LogP contribution in [0.25, 0.3) is 54.4 Å². The summed E-state index contributed by atoms with van der Waals surface area (Å²) in [6.45, 7) is 10.9. The summed E-state index contributed by atoms with van der Waals surface area (Å²) < 4.78 is 9.96. The zero-order valence-electron chi connectivity index (χ0n) is 28.2.